The first-order valence-electron chi connectivity index (χ1n) is 6.19. The number of rotatable bonds is 4. The summed E-state index contributed by atoms with van der Waals surface area (Å²) in [6, 6.07) is 6.26. The van der Waals surface area contributed by atoms with Gasteiger partial charge in [0, 0.05) is 6.54 Å². The highest BCUT2D eigenvalue weighted by Gasteiger charge is 2.19. The summed E-state index contributed by atoms with van der Waals surface area (Å²) in [5.41, 5.74) is -1.39. The summed E-state index contributed by atoms with van der Waals surface area (Å²) in [5.74, 6) is -4.01. The number of aliphatic hydroxyl groups excluding tert-OH is 1. The van der Waals surface area contributed by atoms with Crippen molar-refractivity contribution >= 4 is 5.69 Å². The molecule has 0 fully saturated rings. The van der Waals surface area contributed by atoms with Gasteiger partial charge in [0.1, 0.15) is 23.4 Å². The Kier molecular flexibility index (Phi) is 4.63. The van der Waals surface area contributed by atoms with Crippen molar-refractivity contribution < 1.29 is 22.7 Å². The van der Waals surface area contributed by atoms with Gasteiger partial charge >= 0.3 is 0 Å². The maximum absolute atomic E-state index is 13.6. The van der Waals surface area contributed by atoms with Crippen molar-refractivity contribution in [2.75, 3.05) is 11.9 Å². The molecule has 0 saturated carbocycles. The third kappa shape index (κ3) is 3.18. The lowest BCUT2D eigenvalue weighted by Crippen LogP contribution is -2.16. The van der Waals surface area contributed by atoms with E-state index in [9.17, 15) is 22.7 Å². The van der Waals surface area contributed by atoms with Crippen LogP contribution in [0.4, 0.5) is 23.2 Å². The highest BCUT2D eigenvalue weighted by molar-refractivity contribution is 5.50. The van der Waals surface area contributed by atoms with E-state index in [1.165, 1.54) is 0 Å². The van der Waals surface area contributed by atoms with E-state index in [0.717, 1.165) is 30.3 Å². The molecule has 22 heavy (non-hydrogen) atoms. The first-order valence-corrected chi connectivity index (χ1v) is 6.19. The quantitative estimate of drug-likeness (QED) is 0.852. The van der Waals surface area contributed by atoms with E-state index in [2.05, 4.69) is 5.32 Å². The average molecular weight is 310 g/mol. The molecule has 0 aromatic heterocycles. The molecule has 0 aliphatic carbocycles. The maximum atomic E-state index is 13.6. The van der Waals surface area contributed by atoms with Gasteiger partial charge in [-0.2, -0.15) is 5.26 Å². The molecule has 7 heteroatoms. The van der Waals surface area contributed by atoms with Crippen LogP contribution < -0.4 is 5.32 Å². The van der Waals surface area contributed by atoms with Crippen LogP contribution in [0.2, 0.25) is 0 Å². The molecule has 0 aliphatic heterocycles. The molecule has 0 amide bonds. The Morgan fingerprint density at radius 3 is 2.09 bits per heavy atom. The number of halogens is 4. The van der Waals surface area contributed by atoms with Crippen LogP contribution in [0.5, 0.6) is 0 Å². The van der Waals surface area contributed by atoms with Crippen LogP contribution in [0.15, 0.2) is 30.3 Å². The number of benzene rings is 2. The Hall–Kier alpha value is -2.59. The Morgan fingerprint density at radius 1 is 1.05 bits per heavy atom. The number of anilines is 1. The second-order valence-corrected chi connectivity index (χ2v) is 4.46. The van der Waals surface area contributed by atoms with E-state index < -0.39 is 47.2 Å². The summed E-state index contributed by atoms with van der Waals surface area (Å²) in [5, 5.41) is 20.6. The highest BCUT2D eigenvalue weighted by atomic mass is 19.1. The summed E-state index contributed by atoms with van der Waals surface area (Å²) in [4.78, 5) is 0. The normalized spacial score (nSPS) is 11.8. The van der Waals surface area contributed by atoms with Gasteiger partial charge in [-0.3, -0.25) is 0 Å². The van der Waals surface area contributed by atoms with E-state index in [0.29, 0.717) is 0 Å². The van der Waals surface area contributed by atoms with Crippen molar-refractivity contribution in [1.82, 2.24) is 0 Å². The fourth-order valence-corrected chi connectivity index (χ4v) is 1.94. The van der Waals surface area contributed by atoms with E-state index in [1.54, 1.807) is 6.07 Å². The minimum atomic E-state index is -1.64. The van der Waals surface area contributed by atoms with Crippen LogP contribution in [0.1, 0.15) is 17.2 Å². The van der Waals surface area contributed by atoms with Crippen molar-refractivity contribution in [3.63, 3.8) is 0 Å². The number of nitrogens with zero attached hydrogens (tertiary/aromatic N) is 1. The van der Waals surface area contributed by atoms with Crippen molar-refractivity contribution in [3.05, 3.63) is 64.7 Å². The molecule has 0 aliphatic rings. The number of nitrogens with one attached hydrogen (secondary N) is 1. The first kappa shape index (κ1) is 15.8. The Morgan fingerprint density at radius 2 is 1.59 bits per heavy atom. The van der Waals surface area contributed by atoms with Crippen molar-refractivity contribution in [3.8, 4) is 6.07 Å². The zero-order valence-electron chi connectivity index (χ0n) is 11.1. The van der Waals surface area contributed by atoms with E-state index in [4.69, 9.17) is 5.26 Å². The minimum absolute atomic E-state index is 0.207. The summed E-state index contributed by atoms with van der Waals surface area (Å²) < 4.78 is 54.2. The molecular weight excluding hydrogens is 300 g/mol. The van der Waals surface area contributed by atoms with Gasteiger partial charge in [-0.15, -0.1) is 0 Å². The van der Waals surface area contributed by atoms with Gasteiger partial charge in [-0.25, -0.2) is 17.6 Å². The number of hydrogen-bond acceptors (Lipinski definition) is 3. The number of aliphatic hydroxyl groups is 1. The second kappa shape index (κ2) is 6.45. The molecular formula is C15H10F4N2O. The molecule has 3 nitrogen and oxygen atoms in total. The Balaban J connectivity index is 2.19. The van der Waals surface area contributed by atoms with Crippen LogP contribution in [0.25, 0.3) is 0 Å². The first-order chi connectivity index (χ1) is 10.4. The lowest BCUT2D eigenvalue weighted by molar-refractivity contribution is 0.181. The summed E-state index contributed by atoms with van der Waals surface area (Å²) in [6.07, 6.45) is -1.64. The van der Waals surface area contributed by atoms with E-state index >= 15 is 0 Å². The van der Waals surface area contributed by atoms with E-state index in [-0.39, 0.29) is 5.56 Å². The summed E-state index contributed by atoms with van der Waals surface area (Å²) in [6.45, 7) is -0.516. The molecule has 0 radical (unpaired) electrons. The monoisotopic (exact) mass is 310 g/mol. The van der Waals surface area contributed by atoms with E-state index in [1.807, 2.05) is 0 Å². The Bertz CT molecular complexity index is 700. The summed E-state index contributed by atoms with van der Waals surface area (Å²) >= 11 is 0. The van der Waals surface area contributed by atoms with Crippen LogP contribution in [-0.2, 0) is 0 Å². The molecule has 114 valence electrons. The van der Waals surface area contributed by atoms with Gasteiger partial charge < -0.3 is 10.4 Å². The van der Waals surface area contributed by atoms with Gasteiger partial charge in [0.15, 0.2) is 11.6 Å². The smallest absolute Gasteiger partial charge is 0.150 e. The SMILES string of the molecule is N#Cc1cc(F)c(NCC(O)c2c(F)cccc2F)c(F)c1. The number of hydrogen-bond donors (Lipinski definition) is 2. The maximum Gasteiger partial charge on any atom is 0.150 e. The largest absolute Gasteiger partial charge is 0.386 e. The van der Waals surface area contributed by atoms with Gasteiger partial charge in [0.05, 0.1) is 17.2 Å². The number of nitriles is 1. The Labute approximate surface area is 123 Å². The molecule has 0 saturated heterocycles. The topological polar surface area (TPSA) is 56.0 Å². The average Bonchev–Trinajstić information content (AvgIpc) is 2.45. The molecule has 2 rings (SSSR count). The van der Waals surface area contributed by atoms with Gasteiger partial charge in [-0.05, 0) is 24.3 Å². The molecule has 2 aromatic rings. The molecule has 1 atom stereocenters. The lowest BCUT2D eigenvalue weighted by atomic mass is 10.1. The predicted molar refractivity (Wildman–Crippen MR) is 70.9 cm³/mol. The molecule has 0 bridgehead atoms. The van der Waals surface area contributed by atoms with Crippen LogP contribution in [-0.4, -0.2) is 11.7 Å². The van der Waals surface area contributed by atoms with Gasteiger partial charge in [0.25, 0.3) is 0 Å². The van der Waals surface area contributed by atoms with Crippen molar-refractivity contribution in [2.45, 2.75) is 6.10 Å². The summed E-state index contributed by atoms with van der Waals surface area (Å²) in [7, 11) is 0. The van der Waals surface area contributed by atoms with Crippen molar-refractivity contribution in [1.29, 1.82) is 5.26 Å². The van der Waals surface area contributed by atoms with Crippen LogP contribution >= 0.6 is 0 Å². The predicted octanol–water partition coefficient (Wildman–Crippen LogP) is 3.26. The zero-order valence-corrected chi connectivity index (χ0v) is 11.1. The highest BCUT2D eigenvalue weighted by Crippen LogP contribution is 2.24. The van der Waals surface area contributed by atoms with Gasteiger partial charge in [0.2, 0.25) is 0 Å². The third-order valence-corrected chi connectivity index (χ3v) is 2.98. The minimum Gasteiger partial charge on any atom is -0.386 e. The van der Waals surface area contributed by atoms with Crippen molar-refractivity contribution in [2.24, 2.45) is 0 Å². The molecule has 2 aromatic carbocycles. The fraction of sp³-hybridized carbons (Fsp3) is 0.133. The standard InChI is InChI=1S/C15H10F4N2O/c16-9-2-1-3-10(17)14(9)13(22)7-21-15-11(18)4-8(6-20)5-12(15)19/h1-5,13,21-22H,7H2. The fourth-order valence-electron chi connectivity index (χ4n) is 1.94. The second-order valence-electron chi connectivity index (χ2n) is 4.46. The zero-order chi connectivity index (χ0) is 16.3. The molecule has 2 N–H and O–H groups in total. The molecule has 0 heterocycles. The molecule has 0 spiro atoms. The lowest BCUT2D eigenvalue weighted by Gasteiger charge is -2.15. The third-order valence-electron chi connectivity index (χ3n) is 2.98. The van der Waals surface area contributed by atoms with Crippen LogP contribution in [0, 0.1) is 34.6 Å². The van der Waals surface area contributed by atoms with Gasteiger partial charge in [-0.1, -0.05) is 6.07 Å². The van der Waals surface area contributed by atoms with Crippen LogP contribution in [0.3, 0.4) is 0 Å². The molecule has 1 unspecified atom stereocenters.